The molecule has 0 fully saturated rings. The molecule has 10 rings (SSSR count). The van der Waals surface area contributed by atoms with Crippen molar-refractivity contribution in [1.29, 1.82) is 0 Å². The van der Waals surface area contributed by atoms with Gasteiger partial charge < -0.3 is 0 Å². The van der Waals surface area contributed by atoms with Crippen LogP contribution in [0, 0.1) is 0 Å². The number of rotatable bonds is 5. The van der Waals surface area contributed by atoms with Gasteiger partial charge in [0.15, 0.2) is 5.82 Å². The van der Waals surface area contributed by atoms with E-state index in [0.717, 1.165) is 39.3 Å². The van der Waals surface area contributed by atoms with E-state index in [1.807, 2.05) is 24.3 Å². The summed E-state index contributed by atoms with van der Waals surface area (Å²) in [7, 11) is 0. The lowest BCUT2D eigenvalue weighted by Gasteiger charge is -2.23. The fraction of sp³-hybridized carbons (Fsp3) is 0.0588. The molecule has 0 atom stereocenters. The van der Waals surface area contributed by atoms with Crippen LogP contribution >= 0.6 is 0 Å². The maximum Gasteiger partial charge on any atom is 0.160 e. The quantitative estimate of drug-likeness (QED) is 0.181. The number of aromatic nitrogens is 2. The van der Waals surface area contributed by atoms with Crippen molar-refractivity contribution in [1.82, 2.24) is 9.97 Å². The maximum atomic E-state index is 5.17. The van der Waals surface area contributed by atoms with E-state index in [9.17, 15) is 0 Å². The third-order valence-electron chi connectivity index (χ3n) is 11.1. The Morgan fingerprint density at radius 2 is 0.943 bits per heavy atom. The van der Waals surface area contributed by atoms with Gasteiger partial charge in [-0.1, -0.05) is 178 Å². The van der Waals surface area contributed by atoms with Crippen LogP contribution in [0.2, 0.25) is 0 Å². The van der Waals surface area contributed by atoms with E-state index in [0.29, 0.717) is 0 Å². The first-order valence-corrected chi connectivity index (χ1v) is 18.3. The van der Waals surface area contributed by atoms with Gasteiger partial charge in [-0.2, -0.15) is 0 Å². The van der Waals surface area contributed by atoms with E-state index in [1.165, 1.54) is 60.7 Å². The largest absolute Gasteiger partial charge is 0.228 e. The van der Waals surface area contributed by atoms with Crippen molar-refractivity contribution >= 4 is 21.5 Å². The van der Waals surface area contributed by atoms with Crippen molar-refractivity contribution in [3.8, 4) is 67.3 Å². The van der Waals surface area contributed by atoms with Crippen LogP contribution in [0.3, 0.4) is 0 Å². The van der Waals surface area contributed by atoms with Gasteiger partial charge in [-0.05, 0) is 84.3 Å². The highest BCUT2D eigenvalue weighted by Crippen LogP contribution is 2.52. The molecule has 0 bridgehead atoms. The number of fused-ring (bicyclic) bond motifs is 6. The highest BCUT2D eigenvalue weighted by molar-refractivity contribution is 6.05. The van der Waals surface area contributed by atoms with Crippen LogP contribution in [-0.2, 0) is 5.41 Å². The van der Waals surface area contributed by atoms with Crippen molar-refractivity contribution in [2.75, 3.05) is 0 Å². The molecule has 0 aliphatic heterocycles. The fourth-order valence-corrected chi connectivity index (χ4v) is 8.49. The lowest BCUT2D eigenvalue weighted by molar-refractivity contribution is 0.666. The summed E-state index contributed by atoms with van der Waals surface area (Å²) in [5, 5.41) is 5.00. The Hall–Kier alpha value is -6.64. The molecule has 0 unspecified atom stereocenters. The molecule has 9 aromatic rings. The molecule has 1 aromatic heterocycles. The van der Waals surface area contributed by atoms with Crippen LogP contribution in [0.15, 0.2) is 182 Å². The average molecular weight is 677 g/mol. The van der Waals surface area contributed by atoms with Gasteiger partial charge in [-0.15, -0.1) is 0 Å². The van der Waals surface area contributed by atoms with Gasteiger partial charge in [-0.25, -0.2) is 9.97 Å². The Balaban J connectivity index is 1.08. The number of hydrogen-bond donors (Lipinski definition) is 0. The number of benzene rings is 8. The summed E-state index contributed by atoms with van der Waals surface area (Å²) in [5.41, 5.74) is 15.2. The minimum absolute atomic E-state index is 0.0695. The van der Waals surface area contributed by atoms with Gasteiger partial charge in [-0.3, -0.25) is 0 Å². The standard InChI is InChI=1S/C51H36N2/c1-51(2)46-29-25-37(31-45(46)44-26-24-33-14-9-10-21-40(33)49(44)51)36-19-13-20-38(30-36)39-27-28-43(42-23-12-11-22-41(39)42)48-32-47(34-15-5-3-6-16-34)52-50(53-48)35-17-7-4-8-18-35/h3-32H,1-2H3. The normalized spacial score (nSPS) is 12.9. The Kier molecular flexibility index (Phi) is 7.19. The molecule has 0 amide bonds. The Morgan fingerprint density at radius 1 is 0.358 bits per heavy atom. The minimum Gasteiger partial charge on any atom is -0.228 e. The summed E-state index contributed by atoms with van der Waals surface area (Å²) in [5.74, 6) is 0.719. The first-order chi connectivity index (χ1) is 26.0. The third kappa shape index (κ3) is 5.18. The molecule has 53 heavy (non-hydrogen) atoms. The smallest absolute Gasteiger partial charge is 0.160 e. The Bertz CT molecular complexity index is 2790. The maximum absolute atomic E-state index is 5.17. The SMILES string of the molecule is CC1(C)c2ccc(-c3cccc(-c4ccc(-c5cc(-c6ccccc6)nc(-c6ccccc6)n5)c5ccccc45)c3)cc2-c2ccc3ccccc3c21. The first-order valence-electron chi connectivity index (χ1n) is 18.3. The van der Waals surface area contributed by atoms with Crippen molar-refractivity contribution in [3.63, 3.8) is 0 Å². The minimum atomic E-state index is -0.0695. The lowest BCUT2D eigenvalue weighted by atomic mass is 9.80. The molecule has 250 valence electrons. The highest BCUT2D eigenvalue weighted by Gasteiger charge is 2.36. The number of nitrogens with zero attached hydrogens (tertiary/aromatic N) is 2. The fourth-order valence-electron chi connectivity index (χ4n) is 8.49. The second-order valence-corrected chi connectivity index (χ2v) is 14.6. The summed E-state index contributed by atoms with van der Waals surface area (Å²) in [4.78, 5) is 10.2. The van der Waals surface area contributed by atoms with Gasteiger partial charge >= 0.3 is 0 Å². The number of hydrogen-bond acceptors (Lipinski definition) is 2. The molecular weight excluding hydrogens is 641 g/mol. The van der Waals surface area contributed by atoms with Crippen molar-refractivity contribution < 1.29 is 0 Å². The molecule has 0 spiro atoms. The van der Waals surface area contributed by atoms with Gasteiger partial charge in [0.25, 0.3) is 0 Å². The van der Waals surface area contributed by atoms with E-state index in [4.69, 9.17) is 9.97 Å². The van der Waals surface area contributed by atoms with Crippen molar-refractivity contribution in [2.24, 2.45) is 0 Å². The zero-order chi connectivity index (χ0) is 35.5. The van der Waals surface area contributed by atoms with E-state index < -0.39 is 0 Å². The molecule has 1 aliphatic rings. The third-order valence-corrected chi connectivity index (χ3v) is 11.1. The summed E-state index contributed by atoms with van der Waals surface area (Å²) in [6.07, 6.45) is 0. The van der Waals surface area contributed by atoms with E-state index in [1.54, 1.807) is 0 Å². The summed E-state index contributed by atoms with van der Waals surface area (Å²) < 4.78 is 0. The molecule has 0 N–H and O–H groups in total. The van der Waals surface area contributed by atoms with E-state index in [2.05, 4.69) is 172 Å². The van der Waals surface area contributed by atoms with Gasteiger partial charge in [0.1, 0.15) is 0 Å². The molecule has 1 aliphatic carbocycles. The molecule has 0 saturated carbocycles. The predicted molar refractivity (Wildman–Crippen MR) is 222 cm³/mol. The van der Waals surface area contributed by atoms with Crippen molar-refractivity contribution in [2.45, 2.75) is 19.3 Å². The topological polar surface area (TPSA) is 25.8 Å². The molecule has 0 saturated heterocycles. The molecule has 0 radical (unpaired) electrons. The van der Waals surface area contributed by atoms with Crippen LogP contribution in [0.5, 0.6) is 0 Å². The molecular formula is C51H36N2. The molecule has 8 aromatic carbocycles. The molecule has 1 heterocycles. The van der Waals surface area contributed by atoms with Crippen LogP contribution < -0.4 is 0 Å². The second-order valence-electron chi connectivity index (χ2n) is 14.6. The van der Waals surface area contributed by atoms with Crippen LogP contribution in [0.4, 0.5) is 0 Å². The van der Waals surface area contributed by atoms with Crippen LogP contribution in [0.25, 0.3) is 88.8 Å². The summed E-state index contributed by atoms with van der Waals surface area (Å²) in [6, 6.07) is 65.4. The van der Waals surface area contributed by atoms with Gasteiger partial charge in [0, 0.05) is 22.1 Å². The monoisotopic (exact) mass is 676 g/mol. The van der Waals surface area contributed by atoms with E-state index in [-0.39, 0.29) is 5.41 Å². The Labute approximate surface area is 310 Å². The average Bonchev–Trinajstić information content (AvgIpc) is 3.46. The zero-order valence-electron chi connectivity index (χ0n) is 29.7. The summed E-state index contributed by atoms with van der Waals surface area (Å²) >= 11 is 0. The van der Waals surface area contributed by atoms with Crippen LogP contribution in [-0.4, -0.2) is 9.97 Å². The van der Waals surface area contributed by atoms with E-state index >= 15 is 0 Å². The molecule has 2 nitrogen and oxygen atoms in total. The van der Waals surface area contributed by atoms with Crippen LogP contribution in [0.1, 0.15) is 25.0 Å². The Morgan fingerprint density at radius 3 is 1.74 bits per heavy atom. The van der Waals surface area contributed by atoms with Gasteiger partial charge in [0.05, 0.1) is 11.4 Å². The highest BCUT2D eigenvalue weighted by atomic mass is 14.9. The first kappa shape index (κ1) is 31.1. The zero-order valence-corrected chi connectivity index (χ0v) is 29.7. The lowest BCUT2D eigenvalue weighted by Crippen LogP contribution is -2.15. The predicted octanol–water partition coefficient (Wildman–Crippen LogP) is 13.4. The second kappa shape index (κ2) is 12.3. The van der Waals surface area contributed by atoms with Crippen molar-refractivity contribution in [3.05, 3.63) is 193 Å². The molecule has 2 heteroatoms. The van der Waals surface area contributed by atoms with Gasteiger partial charge in [0.2, 0.25) is 0 Å². The summed E-state index contributed by atoms with van der Waals surface area (Å²) in [6.45, 7) is 4.73.